The van der Waals surface area contributed by atoms with Crippen molar-refractivity contribution in [1.82, 2.24) is 0 Å². The molecule has 6 nitrogen and oxygen atoms in total. The van der Waals surface area contributed by atoms with Gasteiger partial charge in [0, 0.05) is 29.9 Å². The highest BCUT2D eigenvalue weighted by molar-refractivity contribution is 5.57. The minimum atomic E-state index is -0.431. The number of nitrogens with two attached hydrogens (primary N) is 1. The zero-order valence-electron chi connectivity index (χ0n) is 11.6. The molecule has 3 N–H and O–H groups in total. The molecule has 0 aromatic heterocycles. The third-order valence-corrected chi connectivity index (χ3v) is 2.57. The molecule has 6 heteroatoms. The second-order valence-electron chi connectivity index (χ2n) is 5.03. The number of hydrogen-bond donors (Lipinski definition) is 2. The highest BCUT2D eigenvalue weighted by Crippen LogP contribution is 2.27. The Morgan fingerprint density at radius 3 is 2.63 bits per heavy atom. The van der Waals surface area contributed by atoms with Crippen LogP contribution in [0.15, 0.2) is 18.2 Å². The van der Waals surface area contributed by atoms with E-state index >= 15 is 0 Å². The van der Waals surface area contributed by atoms with E-state index in [2.05, 4.69) is 5.32 Å². The van der Waals surface area contributed by atoms with Gasteiger partial charge in [0.1, 0.15) is 5.75 Å². The number of hydrogen-bond acceptors (Lipinski definition) is 5. The predicted octanol–water partition coefficient (Wildman–Crippen LogP) is 2.53. The molecule has 0 amide bonds. The van der Waals surface area contributed by atoms with Gasteiger partial charge in [0.15, 0.2) is 0 Å². The quantitative estimate of drug-likeness (QED) is 0.585. The molecule has 0 heterocycles. The molecule has 1 aromatic rings. The molecule has 0 atom stereocenters. The molecule has 0 saturated heterocycles. The van der Waals surface area contributed by atoms with Crippen LogP contribution in [0.3, 0.4) is 0 Å². The van der Waals surface area contributed by atoms with Gasteiger partial charge in [0.2, 0.25) is 0 Å². The van der Waals surface area contributed by atoms with Gasteiger partial charge in [-0.05, 0) is 20.3 Å². The summed E-state index contributed by atoms with van der Waals surface area (Å²) in [7, 11) is 0. The molecule has 0 spiro atoms. The van der Waals surface area contributed by atoms with E-state index in [9.17, 15) is 10.1 Å². The Morgan fingerprint density at radius 1 is 1.42 bits per heavy atom. The van der Waals surface area contributed by atoms with Gasteiger partial charge in [-0.2, -0.15) is 0 Å². The van der Waals surface area contributed by atoms with Crippen LogP contribution in [-0.2, 0) is 0 Å². The lowest BCUT2D eigenvalue weighted by atomic mass is 10.1. The molecule has 0 aliphatic carbocycles. The minimum absolute atomic E-state index is 0.00363. The summed E-state index contributed by atoms with van der Waals surface area (Å²) >= 11 is 0. The van der Waals surface area contributed by atoms with Crippen molar-refractivity contribution in [3.05, 3.63) is 28.3 Å². The summed E-state index contributed by atoms with van der Waals surface area (Å²) in [5.74, 6) is 0.492. The third kappa shape index (κ3) is 4.75. The van der Waals surface area contributed by atoms with Crippen LogP contribution in [0.4, 0.5) is 11.4 Å². The van der Waals surface area contributed by atoms with Crippen LogP contribution in [0.25, 0.3) is 0 Å². The Morgan fingerprint density at radius 2 is 2.11 bits per heavy atom. The number of nitrogens with one attached hydrogen (secondary N) is 1. The predicted molar refractivity (Wildman–Crippen MR) is 75.6 cm³/mol. The second-order valence-corrected chi connectivity index (χ2v) is 5.03. The molecule has 0 aliphatic rings. The first-order valence-corrected chi connectivity index (χ1v) is 6.28. The Hall–Kier alpha value is -1.82. The largest absolute Gasteiger partial charge is 0.493 e. The number of non-ortho nitro benzene ring substituents is 1. The van der Waals surface area contributed by atoms with E-state index in [0.29, 0.717) is 24.6 Å². The van der Waals surface area contributed by atoms with Crippen LogP contribution >= 0.6 is 0 Å². The van der Waals surface area contributed by atoms with Crippen molar-refractivity contribution < 1.29 is 9.66 Å². The van der Waals surface area contributed by atoms with E-state index in [4.69, 9.17) is 10.5 Å². The summed E-state index contributed by atoms with van der Waals surface area (Å²) in [4.78, 5) is 10.5. The third-order valence-electron chi connectivity index (χ3n) is 2.57. The average molecular weight is 267 g/mol. The molecule has 1 rings (SSSR count). The number of nitro groups is 1. The van der Waals surface area contributed by atoms with Crippen molar-refractivity contribution >= 4 is 11.4 Å². The maximum atomic E-state index is 10.9. The highest BCUT2D eigenvalue weighted by Gasteiger charge is 2.17. The molecule has 1 aromatic carbocycles. The summed E-state index contributed by atoms with van der Waals surface area (Å²) in [6.07, 6.45) is 0.847. The summed E-state index contributed by atoms with van der Waals surface area (Å²) in [6, 6.07) is 4.66. The maximum Gasteiger partial charge on any atom is 0.275 e. The lowest BCUT2D eigenvalue weighted by Gasteiger charge is -2.25. The normalized spacial score (nSPS) is 11.2. The van der Waals surface area contributed by atoms with Crippen LogP contribution in [0, 0.1) is 10.1 Å². The van der Waals surface area contributed by atoms with Gasteiger partial charge in [0.05, 0.1) is 17.6 Å². The summed E-state index contributed by atoms with van der Waals surface area (Å²) < 4.78 is 5.46. The molecule has 0 saturated carbocycles. The molecule has 0 unspecified atom stereocenters. The molecule has 106 valence electrons. The van der Waals surface area contributed by atoms with Crippen molar-refractivity contribution in [2.45, 2.75) is 32.7 Å². The topological polar surface area (TPSA) is 90.4 Å². The Balaban J connectivity index is 3.02. The zero-order valence-corrected chi connectivity index (χ0v) is 11.6. The Kier molecular flexibility index (Phi) is 5.11. The van der Waals surface area contributed by atoms with E-state index in [-0.39, 0.29) is 11.2 Å². The van der Waals surface area contributed by atoms with Gasteiger partial charge in [-0.15, -0.1) is 0 Å². The van der Waals surface area contributed by atoms with Crippen molar-refractivity contribution in [1.29, 1.82) is 0 Å². The summed E-state index contributed by atoms with van der Waals surface area (Å²) in [5.41, 5.74) is 5.95. The second kappa shape index (κ2) is 6.38. The minimum Gasteiger partial charge on any atom is -0.493 e. The van der Waals surface area contributed by atoms with Crippen molar-refractivity contribution in [3.8, 4) is 5.75 Å². The SMILES string of the molecule is CCCOc1cc(NC(C)(C)CN)cc([N+](=O)[O-])c1. The number of ether oxygens (including phenoxy) is 1. The lowest BCUT2D eigenvalue weighted by molar-refractivity contribution is -0.384. The standard InChI is InChI=1S/C13H21N3O3/c1-4-5-19-12-7-10(15-13(2,3)9-14)6-11(8-12)16(17)18/h6-8,15H,4-5,9,14H2,1-3H3. The van der Waals surface area contributed by atoms with Gasteiger partial charge in [-0.1, -0.05) is 6.92 Å². The molecule has 0 radical (unpaired) electrons. The molecule has 0 bridgehead atoms. The molecular weight excluding hydrogens is 246 g/mol. The zero-order chi connectivity index (χ0) is 14.5. The maximum absolute atomic E-state index is 10.9. The summed E-state index contributed by atoms with van der Waals surface area (Å²) in [5, 5.41) is 14.1. The van der Waals surface area contributed by atoms with Gasteiger partial charge in [0.25, 0.3) is 5.69 Å². The number of nitrogens with zero attached hydrogens (tertiary/aromatic N) is 1. The van der Waals surface area contributed by atoms with Gasteiger partial charge in [-0.3, -0.25) is 10.1 Å². The van der Waals surface area contributed by atoms with Gasteiger partial charge < -0.3 is 15.8 Å². The Labute approximate surface area is 113 Å². The van der Waals surface area contributed by atoms with E-state index in [1.54, 1.807) is 6.07 Å². The van der Waals surface area contributed by atoms with E-state index in [1.165, 1.54) is 12.1 Å². The Bertz CT molecular complexity index is 447. The van der Waals surface area contributed by atoms with E-state index in [1.807, 2.05) is 20.8 Å². The molecule has 0 fully saturated rings. The van der Waals surface area contributed by atoms with Crippen LogP contribution < -0.4 is 15.8 Å². The monoisotopic (exact) mass is 267 g/mol. The number of rotatable bonds is 7. The average Bonchev–Trinajstić information content (AvgIpc) is 2.35. The number of nitro benzene ring substituents is 1. The number of benzene rings is 1. The van der Waals surface area contributed by atoms with Crippen LogP contribution in [0.2, 0.25) is 0 Å². The molecule has 19 heavy (non-hydrogen) atoms. The number of anilines is 1. The van der Waals surface area contributed by atoms with Crippen LogP contribution in [0.1, 0.15) is 27.2 Å². The lowest BCUT2D eigenvalue weighted by Crippen LogP contribution is -2.39. The molecule has 0 aliphatic heterocycles. The fraction of sp³-hybridized carbons (Fsp3) is 0.538. The summed E-state index contributed by atoms with van der Waals surface area (Å²) in [6.45, 7) is 6.78. The van der Waals surface area contributed by atoms with Crippen molar-refractivity contribution in [3.63, 3.8) is 0 Å². The fourth-order valence-electron chi connectivity index (χ4n) is 1.51. The van der Waals surface area contributed by atoms with Crippen molar-refractivity contribution in [2.75, 3.05) is 18.5 Å². The first-order valence-electron chi connectivity index (χ1n) is 6.28. The molecular formula is C13H21N3O3. The highest BCUT2D eigenvalue weighted by atomic mass is 16.6. The van der Waals surface area contributed by atoms with Crippen LogP contribution in [-0.4, -0.2) is 23.6 Å². The van der Waals surface area contributed by atoms with Crippen molar-refractivity contribution in [2.24, 2.45) is 5.73 Å². The first kappa shape index (κ1) is 15.2. The van der Waals surface area contributed by atoms with Gasteiger partial charge in [-0.25, -0.2) is 0 Å². The smallest absolute Gasteiger partial charge is 0.275 e. The van der Waals surface area contributed by atoms with E-state index in [0.717, 1.165) is 6.42 Å². The first-order chi connectivity index (χ1) is 8.88. The van der Waals surface area contributed by atoms with E-state index < -0.39 is 4.92 Å². The van der Waals surface area contributed by atoms with Crippen LogP contribution in [0.5, 0.6) is 5.75 Å². The van der Waals surface area contributed by atoms with Gasteiger partial charge >= 0.3 is 0 Å². The fourth-order valence-corrected chi connectivity index (χ4v) is 1.51.